The van der Waals surface area contributed by atoms with Crippen LogP contribution in [0, 0.1) is 29.1 Å². The summed E-state index contributed by atoms with van der Waals surface area (Å²) in [5.74, 6) is 1.22. The predicted octanol–water partition coefficient (Wildman–Crippen LogP) is 6.10. The topological polar surface area (TPSA) is 97.5 Å². The van der Waals surface area contributed by atoms with E-state index in [0.29, 0.717) is 22.6 Å². The van der Waals surface area contributed by atoms with Crippen LogP contribution in [0.4, 0.5) is 5.69 Å². The fourth-order valence-corrected chi connectivity index (χ4v) is 8.54. The minimum atomic E-state index is -3.55. The highest BCUT2D eigenvalue weighted by Crippen LogP contribution is 2.44. The number of hydrogen-bond donors (Lipinski definition) is 1. The van der Waals surface area contributed by atoms with Gasteiger partial charge in [0.25, 0.3) is 0 Å². The summed E-state index contributed by atoms with van der Waals surface area (Å²) in [4.78, 5) is 9.35. The van der Waals surface area contributed by atoms with E-state index in [2.05, 4.69) is 52.0 Å². The van der Waals surface area contributed by atoms with Crippen molar-refractivity contribution in [3.8, 4) is 6.07 Å². The van der Waals surface area contributed by atoms with Gasteiger partial charge >= 0.3 is 0 Å². The first-order chi connectivity index (χ1) is 21.4. The van der Waals surface area contributed by atoms with E-state index in [1.165, 1.54) is 24.5 Å². The molecule has 0 bridgehead atoms. The molecular weight excluding hydrogens is 568 g/mol. The summed E-state index contributed by atoms with van der Waals surface area (Å²) >= 11 is 0. The standard InChI is InChI=1S/C36H46N4O3S/c1-2-3-7-29(18-23-41)24-36(28-37,31-8-5-4-6-9-31)32-16-21-39(22-17-32)25-30-26-40(27-30)33-10-12-34(13-11-33)44(42,43)35-14-19-38-20-15-35/h4-6,8-15,19-20,29-30,32,41H,2-3,7,16-18,21-27H2,1H3/t29-,36?/m0/s1. The summed E-state index contributed by atoms with van der Waals surface area (Å²) in [6, 6.07) is 23.5. The van der Waals surface area contributed by atoms with Crippen molar-refractivity contribution in [2.24, 2.45) is 17.8 Å². The van der Waals surface area contributed by atoms with Crippen molar-refractivity contribution in [3.63, 3.8) is 0 Å². The summed E-state index contributed by atoms with van der Waals surface area (Å²) in [6.07, 6.45) is 9.91. The molecule has 0 spiro atoms. The van der Waals surface area contributed by atoms with Crippen molar-refractivity contribution < 1.29 is 13.5 Å². The Morgan fingerprint density at radius 3 is 2.25 bits per heavy atom. The van der Waals surface area contributed by atoms with Crippen LogP contribution in [0.2, 0.25) is 0 Å². The highest BCUT2D eigenvalue weighted by atomic mass is 32.2. The normalized spacial score (nSPS) is 18.7. The van der Waals surface area contributed by atoms with Crippen molar-refractivity contribution in [2.45, 2.75) is 67.1 Å². The number of anilines is 1. The van der Waals surface area contributed by atoms with Gasteiger partial charge in [0.2, 0.25) is 9.84 Å². The van der Waals surface area contributed by atoms with Crippen molar-refractivity contribution in [3.05, 3.63) is 84.7 Å². The summed E-state index contributed by atoms with van der Waals surface area (Å²) in [7, 11) is -3.55. The van der Waals surface area contributed by atoms with Crippen molar-refractivity contribution in [2.75, 3.05) is 44.2 Å². The number of piperidine rings is 1. The molecular formula is C36H46N4O3S. The number of unbranched alkanes of at least 4 members (excludes halogenated alkanes) is 1. The lowest BCUT2D eigenvalue weighted by atomic mass is 9.62. The summed E-state index contributed by atoms with van der Waals surface area (Å²) in [6.45, 7) is 7.35. The Kier molecular flexibility index (Phi) is 10.7. The number of nitrogens with zero attached hydrogens (tertiary/aromatic N) is 4. The van der Waals surface area contributed by atoms with E-state index >= 15 is 0 Å². The summed E-state index contributed by atoms with van der Waals surface area (Å²) in [5, 5.41) is 20.6. The van der Waals surface area contributed by atoms with E-state index in [1.54, 1.807) is 12.1 Å². The van der Waals surface area contributed by atoms with Crippen molar-refractivity contribution in [1.82, 2.24) is 9.88 Å². The van der Waals surface area contributed by atoms with Gasteiger partial charge in [0.1, 0.15) is 0 Å². The van der Waals surface area contributed by atoms with Gasteiger partial charge in [-0.3, -0.25) is 4.98 Å². The van der Waals surface area contributed by atoms with Crippen LogP contribution in [0.1, 0.15) is 57.4 Å². The lowest BCUT2D eigenvalue weighted by Gasteiger charge is -2.46. The van der Waals surface area contributed by atoms with Gasteiger partial charge in [0.05, 0.1) is 21.3 Å². The van der Waals surface area contributed by atoms with Crippen molar-refractivity contribution >= 4 is 15.5 Å². The maximum absolute atomic E-state index is 12.9. The molecule has 5 rings (SSSR count). The molecule has 2 saturated heterocycles. The third-order valence-electron chi connectivity index (χ3n) is 9.83. The highest BCUT2D eigenvalue weighted by molar-refractivity contribution is 7.91. The molecule has 0 saturated carbocycles. The number of nitriles is 1. The molecule has 44 heavy (non-hydrogen) atoms. The molecule has 1 aromatic heterocycles. The fourth-order valence-electron chi connectivity index (χ4n) is 7.30. The number of benzene rings is 2. The van der Waals surface area contributed by atoms with Gasteiger partial charge in [-0.2, -0.15) is 5.26 Å². The van der Waals surface area contributed by atoms with E-state index in [1.807, 2.05) is 18.2 Å². The maximum atomic E-state index is 12.9. The number of hydrogen-bond acceptors (Lipinski definition) is 7. The van der Waals surface area contributed by atoms with Crippen molar-refractivity contribution in [1.29, 1.82) is 5.26 Å². The fraction of sp³-hybridized carbons (Fsp3) is 0.500. The van der Waals surface area contributed by atoms with Crippen LogP contribution < -0.4 is 4.90 Å². The van der Waals surface area contributed by atoms with Crippen LogP contribution in [-0.4, -0.2) is 62.7 Å². The van der Waals surface area contributed by atoms with Gasteiger partial charge in [-0.15, -0.1) is 0 Å². The minimum absolute atomic E-state index is 0.177. The van der Waals surface area contributed by atoms with E-state index in [4.69, 9.17) is 0 Å². The molecule has 7 nitrogen and oxygen atoms in total. The third kappa shape index (κ3) is 7.17. The molecule has 2 aliphatic rings. The molecule has 0 radical (unpaired) electrons. The second-order valence-corrected chi connectivity index (χ2v) is 14.6. The number of likely N-dealkylation sites (tertiary alicyclic amines) is 1. The number of pyridine rings is 1. The zero-order chi connectivity index (χ0) is 31.0. The highest BCUT2D eigenvalue weighted by Gasteiger charge is 2.44. The quantitative estimate of drug-likeness (QED) is 0.234. The molecule has 0 aliphatic carbocycles. The molecule has 2 atom stereocenters. The Hall–Kier alpha value is -3.25. The molecule has 2 aliphatic heterocycles. The van der Waals surface area contributed by atoms with Gasteiger partial charge in [-0.1, -0.05) is 56.5 Å². The lowest BCUT2D eigenvalue weighted by molar-refractivity contribution is 0.110. The van der Waals surface area contributed by atoms with E-state index < -0.39 is 15.3 Å². The molecule has 3 aromatic rings. The van der Waals surface area contributed by atoms with E-state index in [0.717, 1.165) is 88.9 Å². The smallest absolute Gasteiger partial charge is 0.206 e. The minimum Gasteiger partial charge on any atom is -0.396 e. The van der Waals surface area contributed by atoms with E-state index in [9.17, 15) is 18.8 Å². The SMILES string of the molecule is CCCC[C@@H](CCO)CC(C#N)(c1ccccc1)C1CCN(CC2CN(c3ccc(S(=O)(=O)c4ccncc4)cc3)C2)CC1. The maximum Gasteiger partial charge on any atom is 0.206 e. The second-order valence-electron chi connectivity index (χ2n) is 12.7. The largest absolute Gasteiger partial charge is 0.396 e. The van der Waals surface area contributed by atoms with Crippen LogP contribution in [0.25, 0.3) is 0 Å². The van der Waals surface area contributed by atoms with E-state index in [-0.39, 0.29) is 11.5 Å². The average molecular weight is 615 g/mol. The molecule has 3 heterocycles. The lowest BCUT2D eigenvalue weighted by Crippen LogP contribution is -2.53. The Morgan fingerprint density at radius 1 is 0.977 bits per heavy atom. The van der Waals surface area contributed by atoms with Gasteiger partial charge in [-0.05, 0) is 92.6 Å². The Labute approximate surface area is 263 Å². The first-order valence-electron chi connectivity index (χ1n) is 16.2. The third-order valence-corrected chi connectivity index (χ3v) is 11.6. The van der Waals surface area contributed by atoms with Gasteiger partial charge in [0, 0.05) is 50.2 Å². The number of rotatable bonds is 14. The van der Waals surface area contributed by atoms with Crippen LogP contribution in [0.3, 0.4) is 0 Å². The second kappa shape index (κ2) is 14.7. The zero-order valence-electron chi connectivity index (χ0n) is 25.9. The Balaban J connectivity index is 1.16. The molecule has 234 valence electrons. The van der Waals surface area contributed by atoms with Crippen LogP contribution >= 0.6 is 0 Å². The van der Waals surface area contributed by atoms with Gasteiger partial charge in [0.15, 0.2) is 0 Å². The molecule has 1 unspecified atom stereocenters. The first kappa shape index (κ1) is 32.2. The Bertz CT molecular complexity index is 1460. The molecule has 8 heteroatoms. The van der Waals surface area contributed by atoms with Gasteiger partial charge in [-0.25, -0.2) is 8.42 Å². The van der Waals surface area contributed by atoms with Crippen LogP contribution in [0.5, 0.6) is 0 Å². The molecule has 2 fully saturated rings. The van der Waals surface area contributed by atoms with Crippen LogP contribution in [-0.2, 0) is 15.3 Å². The number of aliphatic hydroxyl groups is 1. The van der Waals surface area contributed by atoms with Crippen LogP contribution in [0.15, 0.2) is 88.9 Å². The number of aromatic nitrogens is 1. The van der Waals surface area contributed by atoms with Gasteiger partial charge < -0.3 is 14.9 Å². The molecule has 1 N–H and O–H groups in total. The predicted molar refractivity (Wildman–Crippen MR) is 174 cm³/mol. The average Bonchev–Trinajstić information content (AvgIpc) is 3.05. The zero-order valence-corrected chi connectivity index (χ0v) is 26.7. The molecule has 2 aromatic carbocycles. The molecule has 0 amide bonds. The number of sulfone groups is 1. The monoisotopic (exact) mass is 614 g/mol. The summed E-state index contributed by atoms with van der Waals surface area (Å²) < 4.78 is 25.8. The first-order valence-corrected chi connectivity index (χ1v) is 17.7. The summed E-state index contributed by atoms with van der Waals surface area (Å²) in [5.41, 5.74) is 1.66. The number of aliphatic hydroxyl groups excluding tert-OH is 1. The Morgan fingerprint density at radius 2 is 1.64 bits per heavy atom.